The maximum atomic E-state index is 12.3. The quantitative estimate of drug-likeness (QED) is 0.771. The molecule has 0 aliphatic carbocycles. The lowest BCUT2D eigenvalue weighted by Gasteiger charge is -2.10. The number of nitrogens with zero attached hydrogens (tertiary/aromatic N) is 1. The Morgan fingerprint density at radius 3 is 2.71 bits per heavy atom. The van der Waals surface area contributed by atoms with E-state index in [1.807, 2.05) is 26.0 Å². The number of pyridine rings is 1. The molecule has 4 heteroatoms. The van der Waals surface area contributed by atoms with Crippen LogP contribution in [0.3, 0.4) is 0 Å². The number of nitrogens with one attached hydrogen (secondary N) is 1. The standard InChI is InChI=1S/C17H16N2O2/c1-10-8-11(2)16-14(9-10)15(4-6-18-16)19-17(20)13-5-7-21-12(13)3/h4-9H,1-3H3,(H,18,19,20). The highest BCUT2D eigenvalue weighted by atomic mass is 16.3. The number of aromatic nitrogens is 1. The number of amides is 1. The summed E-state index contributed by atoms with van der Waals surface area (Å²) in [4.78, 5) is 16.7. The molecule has 21 heavy (non-hydrogen) atoms. The summed E-state index contributed by atoms with van der Waals surface area (Å²) >= 11 is 0. The van der Waals surface area contributed by atoms with Crippen LogP contribution in [0.5, 0.6) is 0 Å². The van der Waals surface area contributed by atoms with Crippen LogP contribution in [0.15, 0.2) is 41.1 Å². The Bertz CT molecular complexity index is 834. The minimum absolute atomic E-state index is 0.173. The van der Waals surface area contributed by atoms with Gasteiger partial charge in [-0.3, -0.25) is 9.78 Å². The topological polar surface area (TPSA) is 55.1 Å². The van der Waals surface area contributed by atoms with Gasteiger partial charge >= 0.3 is 0 Å². The van der Waals surface area contributed by atoms with Gasteiger partial charge in [0.25, 0.3) is 5.91 Å². The van der Waals surface area contributed by atoms with Crippen molar-refractivity contribution in [2.75, 3.05) is 5.32 Å². The Labute approximate surface area is 122 Å². The Morgan fingerprint density at radius 2 is 2.00 bits per heavy atom. The van der Waals surface area contributed by atoms with Crippen molar-refractivity contribution in [3.05, 3.63) is 59.2 Å². The third kappa shape index (κ3) is 2.40. The maximum Gasteiger partial charge on any atom is 0.259 e. The minimum atomic E-state index is -0.173. The van der Waals surface area contributed by atoms with Gasteiger partial charge in [-0.2, -0.15) is 0 Å². The van der Waals surface area contributed by atoms with Crippen LogP contribution in [-0.2, 0) is 0 Å². The molecule has 0 radical (unpaired) electrons. The molecule has 1 amide bonds. The van der Waals surface area contributed by atoms with Gasteiger partial charge in [0.15, 0.2) is 0 Å². The third-order valence-electron chi connectivity index (χ3n) is 3.53. The number of aryl methyl sites for hydroxylation is 3. The number of hydrogen-bond acceptors (Lipinski definition) is 3. The number of benzene rings is 1. The van der Waals surface area contributed by atoms with E-state index in [-0.39, 0.29) is 5.91 Å². The van der Waals surface area contributed by atoms with Crippen LogP contribution in [0.1, 0.15) is 27.2 Å². The fraction of sp³-hybridized carbons (Fsp3) is 0.176. The fourth-order valence-electron chi connectivity index (χ4n) is 2.53. The first-order valence-corrected chi connectivity index (χ1v) is 6.77. The van der Waals surface area contributed by atoms with Crippen molar-refractivity contribution in [1.29, 1.82) is 0 Å². The molecule has 1 N–H and O–H groups in total. The van der Waals surface area contributed by atoms with Crippen LogP contribution < -0.4 is 5.32 Å². The summed E-state index contributed by atoms with van der Waals surface area (Å²) in [6.07, 6.45) is 3.23. The molecule has 2 aromatic heterocycles. The number of fused-ring (bicyclic) bond motifs is 1. The first-order chi connectivity index (χ1) is 10.1. The van der Waals surface area contributed by atoms with E-state index in [0.29, 0.717) is 11.3 Å². The van der Waals surface area contributed by atoms with Gasteiger partial charge in [0.2, 0.25) is 0 Å². The average molecular weight is 280 g/mol. The van der Waals surface area contributed by atoms with Gasteiger partial charge in [0, 0.05) is 11.6 Å². The molecule has 0 fully saturated rings. The van der Waals surface area contributed by atoms with Crippen LogP contribution in [-0.4, -0.2) is 10.9 Å². The maximum absolute atomic E-state index is 12.3. The van der Waals surface area contributed by atoms with E-state index < -0.39 is 0 Å². The molecule has 0 atom stereocenters. The molecule has 0 unspecified atom stereocenters. The molecule has 0 saturated carbocycles. The SMILES string of the molecule is Cc1cc(C)c2nccc(NC(=O)c3ccoc3C)c2c1. The van der Waals surface area contributed by atoms with E-state index in [2.05, 4.69) is 16.4 Å². The molecule has 106 valence electrons. The van der Waals surface area contributed by atoms with Crippen LogP contribution in [0.4, 0.5) is 5.69 Å². The predicted octanol–water partition coefficient (Wildman–Crippen LogP) is 4.01. The molecule has 0 saturated heterocycles. The molecular formula is C17H16N2O2. The van der Waals surface area contributed by atoms with Gasteiger partial charge in [-0.1, -0.05) is 11.6 Å². The van der Waals surface area contributed by atoms with Crippen molar-refractivity contribution in [1.82, 2.24) is 4.98 Å². The second kappa shape index (κ2) is 5.05. The van der Waals surface area contributed by atoms with Crippen molar-refractivity contribution < 1.29 is 9.21 Å². The van der Waals surface area contributed by atoms with E-state index in [0.717, 1.165) is 27.7 Å². The summed E-state index contributed by atoms with van der Waals surface area (Å²) in [7, 11) is 0. The number of hydrogen-bond donors (Lipinski definition) is 1. The van der Waals surface area contributed by atoms with Gasteiger partial charge < -0.3 is 9.73 Å². The number of carbonyl (C=O) groups excluding carboxylic acids is 1. The van der Waals surface area contributed by atoms with Crippen LogP contribution in [0.25, 0.3) is 10.9 Å². The molecule has 4 nitrogen and oxygen atoms in total. The smallest absolute Gasteiger partial charge is 0.259 e. The van der Waals surface area contributed by atoms with Crippen molar-refractivity contribution in [2.45, 2.75) is 20.8 Å². The molecular weight excluding hydrogens is 264 g/mol. The van der Waals surface area contributed by atoms with Crippen LogP contribution in [0, 0.1) is 20.8 Å². The molecule has 0 aliphatic heterocycles. The molecule has 3 aromatic rings. The van der Waals surface area contributed by atoms with Gasteiger partial charge in [0.05, 0.1) is 23.0 Å². The normalized spacial score (nSPS) is 10.8. The van der Waals surface area contributed by atoms with E-state index in [9.17, 15) is 4.79 Å². The van der Waals surface area contributed by atoms with Gasteiger partial charge in [-0.15, -0.1) is 0 Å². The zero-order valence-corrected chi connectivity index (χ0v) is 12.2. The Hall–Kier alpha value is -2.62. The van der Waals surface area contributed by atoms with Gasteiger partial charge in [-0.25, -0.2) is 0 Å². The largest absolute Gasteiger partial charge is 0.469 e. The lowest BCUT2D eigenvalue weighted by molar-refractivity contribution is 0.102. The second-order valence-electron chi connectivity index (χ2n) is 5.18. The molecule has 0 bridgehead atoms. The summed E-state index contributed by atoms with van der Waals surface area (Å²) in [5.74, 6) is 0.436. The number of furan rings is 1. The molecule has 0 spiro atoms. The van der Waals surface area contributed by atoms with Crippen LogP contribution >= 0.6 is 0 Å². The van der Waals surface area contributed by atoms with Crippen LogP contribution in [0.2, 0.25) is 0 Å². The lowest BCUT2D eigenvalue weighted by Crippen LogP contribution is -2.12. The van der Waals surface area contributed by atoms with Crippen molar-refractivity contribution in [2.24, 2.45) is 0 Å². The Morgan fingerprint density at radius 1 is 1.19 bits per heavy atom. The van der Waals surface area contributed by atoms with Crippen molar-refractivity contribution in [3.8, 4) is 0 Å². The highest BCUT2D eigenvalue weighted by molar-refractivity contribution is 6.09. The highest BCUT2D eigenvalue weighted by Gasteiger charge is 2.13. The first kappa shape index (κ1) is 13.4. The second-order valence-corrected chi connectivity index (χ2v) is 5.18. The van der Waals surface area contributed by atoms with E-state index in [1.54, 1.807) is 19.2 Å². The molecule has 0 aliphatic rings. The minimum Gasteiger partial charge on any atom is -0.469 e. The highest BCUT2D eigenvalue weighted by Crippen LogP contribution is 2.26. The Balaban J connectivity index is 2.05. The summed E-state index contributed by atoms with van der Waals surface area (Å²) < 4.78 is 5.18. The predicted molar refractivity (Wildman–Crippen MR) is 82.6 cm³/mol. The zero-order valence-electron chi connectivity index (χ0n) is 12.2. The number of carbonyl (C=O) groups is 1. The van der Waals surface area contributed by atoms with E-state index >= 15 is 0 Å². The summed E-state index contributed by atoms with van der Waals surface area (Å²) in [6, 6.07) is 7.60. The molecule has 2 heterocycles. The lowest BCUT2D eigenvalue weighted by atomic mass is 10.1. The molecule has 1 aromatic carbocycles. The number of rotatable bonds is 2. The van der Waals surface area contributed by atoms with Crippen molar-refractivity contribution >= 4 is 22.5 Å². The van der Waals surface area contributed by atoms with Gasteiger partial charge in [-0.05, 0) is 44.5 Å². The molecule has 3 rings (SSSR count). The third-order valence-corrected chi connectivity index (χ3v) is 3.53. The number of anilines is 1. The van der Waals surface area contributed by atoms with Gasteiger partial charge in [0.1, 0.15) is 5.76 Å². The zero-order chi connectivity index (χ0) is 15.0. The average Bonchev–Trinajstić information content (AvgIpc) is 2.86. The summed E-state index contributed by atoms with van der Waals surface area (Å²) in [5, 5.41) is 3.89. The van der Waals surface area contributed by atoms with E-state index in [1.165, 1.54) is 6.26 Å². The monoisotopic (exact) mass is 280 g/mol. The summed E-state index contributed by atoms with van der Waals surface area (Å²) in [6.45, 7) is 5.83. The first-order valence-electron chi connectivity index (χ1n) is 6.77. The fourth-order valence-corrected chi connectivity index (χ4v) is 2.53. The Kier molecular flexibility index (Phi) is 3.22. The van der Waals surface area contributed by atoms with E-state index in [4.69, 9.17) is 4.42 Å². The summed E-state index contributed by atoms with van der Waals surface area (Å²) in [5.41, 5.74) is 4.45. The van der Waals surface area contributed by atoms with Crippen molar-refractivity contribution in [3.63, 3.8) is 0 Å².